The molecule has 1 aliphatic rings. The summed E-state index contributed by atoms with van der Waals surface area (Å²) in [6.45, 7) is 2.76. The van der Waals surface area contributed by atoms with Crippen molar-refractivity contribution in [2.45, 2.75) is 39.2 Å². The summed E-state index contributed by atoms with van der Waals surface area (Å²) >= 11 is 1.71. The largest absolute Gasteiger partial charge is 0.362 e. The van der Waals surface area contributed by atoms with E-state index < -0.39 is 0 Å². The van der Waals surface area contributed by atoms with Crippen molar-refractivity contribution < 1.29 is 0 Å². The van der Waals surface area contributed by atoms with Crippen molar-refractivity contribution in [3.63, 3.8) is 0 Å². The zero-order chi connectivity index (χ0) is 13.9. The Morgan fingerprint density at radius 2 is 2.35 bits per heavy atom. The van der Waals surface area contributed by atoms with Gasteiger partial charge >= 0.3 is 0 Å². The van der Waals surface area contributed by atoms with Gasteiger partial charge in [0.2, 0.25) is 0 Å². The number of nitriles is 1. The number of pyridine rings is 1. The van der Waals surface area contributed by atoms with Crippen LogP contribution in [0.5, 0.6) is 0 Å². The summed E-state index contributed by atoms with van der Waals surface area (Å²) in [4.78, 5) is 10.3. The maximum absolute atomic E-state index is 9.25. The molecule has 0 saturated carbocycles. The van der Waals surface area contributed by atoms with Gasteiger partial charge in [-0.2, -0.15) is 5.26 Å². The Morgan fingerprint density at radius 3 is 3.10 bits per heavy atom. The monoisotopic (exact) mass is 284 g/mol. The molecular weight excluding hydrogens is 268 g/mol. The maximum Gasteiger partial charge on any atom is 0.144 e. The summed E-state index contributed by atoms with van der Waals surface area (Å²) in [7, 11) is 0. The molecule has 102 valence electrons. The number of aromatic nitrogens is 2. The summed E-state index contributed by atoms with van der Waals surface area (Å²) < 4.78 is 0. The van der Waals surface area contributed by atoms with E-state index in [0.717, 1.165) is 36.4 Å². The summed E-state index contributed by atoms with van der Waals surface area (Å²) in [5.74, 6) is 0.696. The third-order valence-electron chi connectivity index (χ3n) is 3.53. The molecule has 1 N–H and O–H groups in total. The molecule has 0 unspecified atom stereocenters. The highest BCUT2D eigenvalue weighted by Crippen LogP contribution is 2.25. The second kappa shape index (κ2) is 5.59. The standard InChI is InChI=1S/C15H16N4S/c1-2-12-8-17-14(20-12)9-18-15-11(7-16)6-10-4-3-5-13(10)19-15/h6,8H,2-5,9H2,1H3,(H,18,19). The molecule has 0 saturated heterocycles. The van der Waals surface area contributed by atoms with Crippen LogP contribution in [0, 0.1) is 11.3 Å². The topological polar surface area (TPSA) is 61.6 Å². The average Bonchev–Trinajstić information content (AvgIpc) is 3.12. The molecule has 0 fully saturated rings. The first kappa shape index (κ1) is 13.1. The van der Waals surface area contributed by atoms with Gasteiger partial charge in [0.25, 0.3) is 0 Å². The molecule has 0 amide bonds. The van der Waals surface area contributed by atoms with E-state index in [9.17, 15) is 5.26 Å². The SMILES string of the molecule is CCc1cnc(CNc2nc3c(cc2C#N)CCC3)s1. The van der Waals surface area contributed by atoms with E-state index in [2.05, 4.69) is 28.3 Å². The summed E-state index contributed by atoms with van der Waals surface area (Å²) in [5, 5.41) is 13.5. The molecule has 0 aromatic carbocycles. The van der Waals surface area contributed by atoms with Crippen LogP contribution in [-0.4, -0.2) is 9.97 Å². The van der Waals surface area contributed by atoms with E-state index in [4.69, 9.17) is 0 Å². The van der Waals surface area contributed by atoms with Crippen LogP contribution in [0.15, 0.2) is 12.3 Å². The molecule has 20 heavy (non-hydrogen) atoms. The third kappa shape index (κ3) is 2.52. The minimum absolute atomic E-state index is 0.630. The Bertz CT molecular complexity index is 669. The van der Waals surface area contributed by atoms with Gasteiger partial charge in [0.15, 0.2) is 0 Å². The van der Waals surface area contributed by atoms with E-state index in [1.807, 2.05) is 12.3 Å². The number of nitrogens with zero attached hydrogens (tertiary/aromatic N) is 3. The van der Waals surface area contributed by atoms with Gasteiger partial charge in [-0.05, 0) is 37.3 Å². The molecule has 1 aliphatic carbocycles. The summed E-state index contributed by atoms with van der Waals surface area (Å²) in [6, 6.07) is 4.22. The second-order valence-electron chi connectivity index (χ2n) is 4.88. The highest BCUT2D eigenvalue weighted by atomic mass is 32.1. The van der Waals surface area contributed by atoms with Crippen LogP contribution in [0.1, 0.15) is 40.1 Å². The van der Waals surface area contributed by atoms with Crippen LogP contribution in [0.25, 0.3) is 0 Å². The molecule has 2 aromatic heterocycles. The highest BCUT2D eigenvalue weighted by Gasteiger charge is 2.16. The molecule has 3 rings (SSSR count). The lowest BCUT2D eigenvalue weighted by Crippen LogP contribution is -2.05. The third-order valence-corrected chi connectivity index (χ3v) is 4.67. The molecular formula is C15H16N4S. The van der Waals surface area contributed by atoms with E-state index in [-0.39, 0.29) is 0 Å². The van der Waals surface area contributed by atoms with Gasteiger partial charge in [-0.3, -0.25) is 0 Å². The van der Waals surface area contributed by atoms with E-state index >= 15 is 0 Å². The quantitative estimate of drug-likeness (QED) is 0.937. The molecule has 0 atom stereocenters. The van der Waals surface area contributed by atoms with Crippen LogP contribution in [0.3, 0.4) is 0 Å². The fourth-order valence-electron chi connectivity index (χ4n) is 2.44. The molecule has 5 heteroatoms. The first-order chi connectivity index (χ1) is 9.80. The lowest BCUT2D eigenvalue weighted by molar-refractivity contribution is 0.899. The second-order valence-corrected chi connectivity index (χ2v) is 6.08. The van der Waals surface area contributed by atoms with Gasteiger partial charge in [-0.25, -0.2) is 9.97 Å². The number of hydrogen-bond donors (Lipinski definition) is 1. The fraction of sp³-hybridized carbons (Fsp3) is 0.400. The van der Waals surface area contributed by atoms with Crippen molar-refractivity contribution in [3.8, 4) is 6.07 Å². The van der Waals surface area contributed by atoms with Crippen molar-refractivity contribution in [2.75, 3.05) is 5.32 Å². The summed E-state index contributed by atoms with van der Waals surface area (Å²) in [5.41, 5.74) is 3.01. The highest BCUT2D eigenvalue weighted by molar-refractivity contribution is 7.11. The van der Waals surface area contributed by atoms with Gasteiger partial charge in [-0.15, -0.1) is 11.3 Å². The number of aryl methyl sites for hydroxylation is 3. The first-order valence-electron chi connectivity index (χ1n) is 6.90. The van der Waals surface area contributed by atoms with Crippen LogP contribution in [0.2, 0.25) is 0 Å². The van der Waals surface area contributed by atoms with E-state index in [1.165, 1.54) is 10.4 Å². The minimum atomic E-state index is 0.630. The van der Waals surface area contributed by atoms with Crippen molar-refractivity contribution in [1.82, 2.24) is 9.97 Å². The molecule has 0 radical (unpaired) electrons. The summed E-state index contributed by atoms with van der Waals surface area (Å²) in [6.07, 6.45) is 6.14. The van der Waals surface area contributed by atoms with Gasteiger partial charge < -0.3 is 5.32 Å². The van der Waals surface area contributed by atoms with Gasteiger partial charge in [-0.1, -0.05) is 6.92 Å². The van der Waals surface area contributed by atoms with Crippen LogP contribution in [0.4, 0.5) is 5.82 Å². The van der Waals surface area contributed by atoms with Crippen LogP contribution < -0.4 is 5.32 Å². The van der Waals surface area contributed by atoms with Crippen molar-refractivity contribution >= 4 is 17.2 Å². The maximum atomic E-state index is 9.25. The van der Waals surface area contributed by atoms with Crippen molar-refractivity contribution in [1.29, 1.82) is 5.26 Å². The zero-order valence-corrected chi connectivity index (χ0v) is 12.3. The fourth-order valence-corrected chi connectivity index (χ4v) is 3.25. The van der Waals surface area contributed by atoms with Crippen LogP contribution in [-0.2, 0) is 25.8 Å². The number of thiazole rings is 1. The predicted molar refractivity (Wildman–Crippen MR) is 79.8 cm³/mol. The smallest absolute Gasteiger partial charge is 0.144 e. The Morgan fingerprint density at radius 1 is 1.45 bits per heavy atom. The number of hydrogen-bond acceptors (Lipinski definition) is 5. The molecule has 2 heterocycles. The van der Waals surface area contributed by atoms with Crippen molar-refractivity contribution in [2.24, 2.45) is 0 Å². The number of fused-ring (bicyclic) bond motifs is 1. The molecule has 2 aromatic rings. The lowest BCUT2D eigenvalue weighted by Gasteiger charge is -2.08. The molecule has 0 spiro atoms. The Labute approximate surface area is 122 Å². The van der Waals surface area contributed by atoms with Gasteiger partial charge in [0, 0.05) is 16.8 Å². The minimum Gasteiger partial charge on any atom is -0.362 e. The molecule has 4 nitrogen and oxygen atoms in total. The number of anilines is 1. The van der Waals surface area contributed by atoms with Gasteiger partial charge in [0.1, 0.15) is 16.9 Å². The normalized spacial score (nSPS) is 13.0. The number of nitrogens with one attached hydrogen (secondary N) is 1. The predicted octanol–water partition coefficient (Wildman–Crippen LogP) is 3.07. The van der Waals surface area contributed by atoms with E-state index in [1.54, 1.807) is 11.3 Å². The van der Waals surface area contributed by atoms with Crippen molar-refractivity contribution in [3.05, 3.63) is 39.0 Å². The average molecular weight is 284 g/mol. The lowest BCUT2D eigenvalue weighted by atomic mass is 10.1. The number of rotatable bonds is 4. The first-order valence-corrected chi connectivity index (χ1v) is 7.72. The Kier molecular flexibility index (Phi) is 3.66. The Balaban J connectivity index is 1.78. The zero-order valence-electron chi connectivity index (χ0n) is 11.4. The van der Waals surface area contributed by atoms with Gasteiger partial charge in [0.05, 0.1) is 12.1 Å². The molecule has 0 bridgehead atoms. The van der Waals surface area contributed by atoms with E-state index in [0.29, 0.717) is 17.9 Å². The molecule has 0 aliphatic heterocycles. The Hall–Kier alpha value is -1.93. The van der Waals surface area contributed by atoms with Crippen LogP contribution >= 0.6 is 11.3 Å².